The second-order valence-electron chi connectivity index (χ2n) is 5.45. The predicted octanol–water partition coefficient (Wildman–Crippen LogP) is 2.45. The van der Waals surface area contributed by atoms with Gasteiger partial charge in [0.05, 0.1) is 0 Å². The third kappa shape index (κ3) is 2.26. The third-order valence-corrected chi connectivity index (χ3v) is 3.31. The zero-order valence-electron chi connectivity index (χ0n) is 10.2. The normalized spacial score (nSPS) is 23.2. The molecule has 2 heteroatoms. The van der Waals surface area contributed by atoms with Crippen LogP contribution in [-0.2, 0) is 11.2 Å². The topological polar surface area (TPSA) is 29.1 Å². The van der Waals surface area contributed by atoms with E-state index in [1.165, 1.54) is 11.1 Å². The van der Waals surface area contributed by atoms with E-state index < -0.39 is 0 Å². The van der Waals surface area contributed by atoms with Crippen molar-refractivity contribution < 1.29 is 4.79 Å². The van der Waals surface area contributed by atoms with Gasteiger partial charge in [0.1, 0.15) is 0 Å². The van der Waals surface area contributed by atoms with E-state index in [2.05, 4.69) is 36.5 Å². The molecule has 0 saturated carbocycles. The number of hydrogen-bond acceptors (Lipinski definition) is 1. The summed E-state index contributed by atoms with van der Waals surface area (Å²) in [5, 5.41) is 3.07. The zero-order valence-corrected chi connectivity index (χ0v) is 10.2. The molecule has 1 fully saturated rings. The minimum atomic E-state index is -0.199. The molecule has 1 saturated heterocycles. The first-order valence-corrected chi connectivity index (χ1v) is 5.84. The summed E-state index contributed by atoms with van der Waals surface area (Å²) in [5.41, 5.74) is 2.38. The average Bonchev–Trinajstić information content (AvgIpc) is 2.44. The SMILES string of the molecule is Cc1ccc(CC2CC(C)(C)C(=O)N2)cc1. The van der Waals surface area contributed by atoms with Crippen LogP contribution in [0.1, 0.15) is 31.4 Å². The molecule has 0 aliphatic carbocycles. The summed E-state index contributed by atoms with van der Waals surface area (Å²) in [6, 6.07) is 8.83. The van der Waals surface area contributed by atoms with Crippen molar-refractivity contribution in [2.75, 3.05) is 0 Å². The van der Waals surface area contributed by atoms with E-state index in [-0.39, 0.29) is 11.3 Å². The zero-order chi connectivity index (χ0) is 11.8. The summed E-state index contributed by atoms with van der Waals surface area (Å²) in [7, 11) is 0. The fourth-order valence-corrected chi connectivity index (χ4v) is 2.27. The lowest BCUT2D eigenvalue weighted by Crippen LogP contribution is -2.29. The smallest absolute Gasteiger partial charge is 0.225 e. The van der Waals surface area contributed by atoms with Gasteiger partial charge in [-0.15, -0.1) is 0 Å². The quantitative estimate of drug-likeness (QED) is 0.810. The van der Waals surface area contributed by atoms with Gasteiger partial charge < -0.3 is 5.32 Å². The summed E-state index contributed by atoms with van der Waals surface area (Å²) in [6.07, 6.45) is 1.87. The number of rotatable bonds is 2. The molecule has 1 aromatic carbocycles. The first-order chi connectivity index (χ1) is 7.47. The summed E-state index contributed by atoms with van der Waals surface area (Å²) in [4.78, 5) is 11.6. The fraction of sp³-hybridized carbons (Fsp3) is 0.500. The molecule has 86 valence electrons. The van der Waals surface area contributed by atoms with Crippen molar-refractivity contribution in [2.24, 2.45) is 5.41 Å². The van der Waals surface area contributed by atoms with E-state index in [1.807, 2.05) is 13.8 Å². The molecule has 16 heavy (non-hydrogen) atoms. The third-order valence-electron chi connectivity index (χ3n) is 3.31. The van der Waals surface area contributed by atoms with Gasteiger partial charge in [-0.3, -0.25) is 4.79 Å². The van der Waals surface area contributed by atoms with Crippen LogP contribution in [0.5, 0.6) is 0 Å². The number of benzene rings is 1. The molecule has 0 aromatic heterocycles. The predicted molar refractivity (Wildman–Crippen MR) is 65.2 cm³/mol. The highest BCUT2D eigenvalue weighted by Gasteiger charge is 2.38. The van der Waals surface area contributed by atoms with E-state index in [9.17, 15) is 4.79 Å². The molecule has 1 aromatic rings. The largest absolute Gasteiger partial charge is 0.353 e. The van der Waals surface area contributed by atoms with Crippen LogP contribution in [0.4, 0.5) is 0 Å². The van der Waals surface area contributed by atoms with Crippen LogP contribution in [0.25, 0.3) is 0 Å². The molecule has 2 nitrogen and oxygen atoms in total. The lowest BCUT2D eigenvalue weighted by atomic mass is 9.88. The molecule has 0 spiro atoms. The molecule has 1 amide bonds. The minimum Gasteiger partial charge on any atom is -0.353 e. The molecule has 1 unspecified atom stereocenters. The van der Waals surface area contributed by atoms with Crippen LogP contribution >= 0.6 is 0 Å². The number of amides is 1. The van der Waals surface area contributed by atoms with Gasteiger partial charge in [-0.2, -0.15) is 0 Å². The lowest BCUT2D eigenvalue weighted by molar-refractivity contribution is -0.126. The Kier molecular flexibility index (Phi) is 2.75. The number of carbonyl (C=O) groups is 1. The molecule has 2 rings (SSSR count). The van der Waals surface area contributed by atoms with Gasteiger partial charge in [-0.05, 0) is 25.3 Å². The first kappa shape index (κ1) is 11.2. The number of hydrogen-bond donors (Lipinski definition) is 1. The van der Waals surface area contributed by atoms with Gasteiger partial charge in [0.2, 0.25) is 5.91 Å². The number of nitrogens with one attached hydrogen (secondary N) is 1. The molecule has 1 N–H and O–H groups in total. The Morgan fingerprint density at radius 3 is 2.44 bits per heavy atom. The van der Waals surface area contributed by atoms with Gasteiger partial charge in [-0.25, -0.2) is 0 Å². The monoisotopic (exact) mass is 217 g/mol. The van der Waals surface area contributed by atoms with E-state index in [1.54, 1.807) is 0 Å². The van der Waals surface area contributed by atoms with Crippen LogP contribution in [-0.4, -0.2) is 11.9 Å². The molecule has 1 aliphatic rings. The highest BCUT2D eigenvalue weighted by molar-refractivity contribution is 5.84. The Balaban J connectivity index is 2.02. The summed E-state index contributed by atoms with van der Waals surface area (Å²) in [6.45, 7) is 6.11. The van der Waals surface area contributed by atoms with Crippen molar-refractivity contribution in [2.45, 2.75) is 39.7 Å². The second kappa shape index (κ2) is 3.93. The molecule has 1 aliphatic heterocycles. The van der Waals surface area contributed by atoms with Crippen LogP contribution in [0.15, 0.2) is 24.3 Å². The van der Waals surface area contributed by atoms with E-state index in [0.29, 0.717) is 6.04 Å². The van der Waals surface area contributed by atoms with Crippen LogP contribution < -0.4 is 5.32 Å². The van der Waals surface area contributed by atoms with Crippen molar-refractivity contribution in [3.63, 3.8) is 0 Å². The molecule has 0 radical (unpaired) electrons. The number of aryl methyl sites for hydroxylation is 1. The molecule has 1 atom stereocenters. The summed E-state index contributed by atoms with van der Waals surface area (Å²) >= 11 is 0. The lowest BCUT2D eigenvalue weighted by Gasteiger charge is -2.13. The Morgan fingerprint density at radius 1 is 1.31 bits per heavy atom. The maximum atomic E-state index is 11.6. The standard InChI is InChI=1S/C14H19NO/c1-10-4-6-11(7-5-10)8-12-9-14(2,3)13(16)15-12/h4-7,12H,8-9H2,1-3H3,(H,15,16). The average molecular weight is 217 g/mol. The molecular formula is C14H19NO. The van der Waals surface area contributed by atoms with E-state index in [4.69, 9.17) is 0 Å². The van der Waals surface area contributed by atoms with Crippen molar-refractivity contribution in [1.82, 2.24) is 5.32 Å². The Labute approximate surface area is 97.1 Å². The van der Waals surface area contributed by atoms with Gasteiger partial charge in [-0.1, -0.05) is 43.7 Å². The minimum absolute atomic E-state index is 0.185. The van der Waals surface area contributed by atoms with Crippen molar-refractivity contribution >= 4 is 5.91 Å². The first-order valence-electron chi connectivity index (χ1n) is 5.84. The van der Waals surface area contributed by atoms with Crippen molar-refractivity contribution in [3.8, 4) is 0 Å². The highest BCUT2D eigenvalue weighted by Crippen LogP contribution is 2.29. The van der Waals surface area contributed by atoms with Gasteiger partial charge in [0.25, 0.3) is 0 Å². The molecular weight excluding hydrogens is 198 g/mol. The Hall–Kier alpha value is -1.31. The van der Waals surface area contributed by atoms with E-state index >= 15 is 0 Å². The van der Waals surface area contributed by atoms with Crippen LogP contribution in [0, 0.1) is 12.3 Å². The number of carbonyl (C=O) groups excluding carboxylic acids is 1. The summed E-state index contributed by atoms with van der Waals surface area (Å²) in [5.74, 6) is 0.185. The maximum absolute atomic E-state index is 11.6. The Morgan fingerprint density at radius 2 is 1.94 bits per heavy atom. The molecule has 0 bridgehead atoms. The van der Waals surface area contributed by atoms with Crippen molar-refractivity contribution in [1.29, 1.82) is 0 Å². The Bertz CT molecular complexity index is 392. The highest BCUT2D eigenvalue weighted by atomic mass is 16.2. The molecule has 1 heterocycles. The van der Waals surface area contributed by atoms with Gasteiger partial charge in [0.15, 0.2) is 0 Å². The van der Waals surface area contributed by atoms with E-state index in [0.717, 1.165) is 12.8 Å². The fourth-order valence-electron chi connectivity index (χ4n) is 2.27. The van der Waals surface area contributed by atoms with Crippen LogP contribution in [0.2, 0.25) is 0 Å². The maximum Gasteiger partial charge on any atom is 0.225 e. The van der Waals surface area contributed by atoms with Gasteiger partial charge >= 0.3 is 0 Å². The van der Waals surface area contributed by atoms with Gasteiger partial charge in [0, 0.05) is 11.5 Å². The van der Waals surface area contributed by atoms with Crippen LogP contribution in [0.3, 0.4) is 0 Å². The second-order valence-corrected chi connectivity index (χ2v) is 5.45. The summed E-state index contributed by atoms with van der Waals surface area (Å²) < 4.78 is 0. The van der Waals surface area contributed by atoms with Crippen molar-refractivity contribution in [3.05, 3.63) is 35.4 Å².